The molecule has 26 heavy (non-hydrogen) atoms. The summed E-state index contributed by atoms with van der Waals surface area (Å²) in [7, 11) is 3.17. The average Bonchev–Trinajstić information content (AvgIpc) is 3.12. The molecule has 2 N–H and O–H groups in total. The van der Waals surface area contributed by atoms with Crippen LogP contribution in [0.3, 0.4) is 0 Å². The van der Waals surface area contributed by atoms with Gasteiger partial charge in [0.15, 0.2) is 17.3 Å². The van der Waals surface area contributed by atoms with Crippen molar-refractivity contribution in [2.24, 2.45) is 5.73 Å². The van der Waals surface area contributed by atoms with Gasteiger partial charge in [-0.05, 0) is 35.4 Å². The molecule has 0 aliphatic heterocycles. The third kappa shape index (κ3) is 3.83. The summed E-state index contributed by atoms with van der Waals surface area (Å²) in [6, 6.07) is 11.7. The molecular weight excluding hydrogens is 337 g/mol. The average molecular weight is 357 g/mol. The summed E-state index contributed by atoms with van der Waals surface area (Å²) in [5.41, 5.74) is 7.64. The highest BCUT2D eigenvalue weighted by Crippen LogP contribution is 2.28. The first kappa shape index (κ1) is 17.9. The molecule has 3 aromatic rings. The number of rotatable bonds is 7. The Kier molecular flexibility index (Phi) is 5.48. The maximum atomic E-state index is 13.1. The zero-order valence-corrected chi connectivity index (χ0v) is 14.6. The summed E-state index contributed by atoms with van der Waals surface area (Å²) in [5, 5.41) is 4.03. The van der Waals surface area contributed by atoms with Gasteiger partial charge in [0, 0.05) is 13.0 Å². The van der Waals surface area contributed by atoms with Crippen LogP contribution < -0.4 is 15.2 Å². The maximum absolute atomic E-state index is 13.1. The smallest absolute Gasteiger partial charge is 0.235 e. The van der Waals surface area contributed by atoms with E-state index in [0.717, 1.165) is 11.1 Å². The van der Waals surface area contributed by atoms with Crippen LogP contribution in [-0.4, -0.2) is 30.9 Å². The number of nitrogens with zero attached hydrogens (tertiary/aromatic N) is 2. The van der Waals surface area contributed by atoms with Crippen LogP contribution in [0.2, 0.25) is 0 Å². The normalized spacial score (nSPS) is 12.0. The van der Waals surface area contributed by atoms with Crippen molar-refractivity contribution in [2.75, 3.05) is 20.8 Å². The van der Waals surface area contributed by atoms with E-state index in [2.05, 4.69) is 10.1 Å². The first-order valence-corrected chi connectivity index (χ1v) is 8.13. The second kappa shape index (κ2) is 7.97. The predicted octanol–water partition coefficient (Wildman–Crippen LogP) is 2.91. The van der Waals surface area contributed by atoms with Crippen LogP contribution in [0.25, 0.3) is 0 Å². The molecule has 0 spiro atoms. The molecule has 0 radical (unpaired) electrons. The van der Waals surface area contributed by atoms with Gasteiger partial charge >= 0.3 is 0 Å². The van der Waals surface area contributed by atoms with Gasteiger partial charge in [0.25, 0.3) is 0 Å². The fourth-order valence-electron chi connectivity index (χ4n) is 2.73. The Morgan fingerprint density at radius 3 is 2.46 bits per heavy atom. The minimum Gasteiger partial charge on any atom is -0.493 e. The summed E-state index contributed by atoms with van der Waals surface area (Å²) in [6.07, 6.45) is 0.477. The van der Waals surface area contributed by atoms with Crippen molar-refractivity contribution >= 4 is 0 Å². The number of ether oxygens (including phenoxy) is 2. The maximum Gasteiger partial charge on any atom is 0.235 e. The Labute approximate surface area is 150 Å². The Hall–Kier alpha value is -2.93. The number of methoxy groups -OCH3 is 2. The Morgan fingerprint density at radius 2 is 1.81 bits per heavy atom. The van der Waals surface area contributed by atoms with Crippen molar-refractivity contribution in [1.29, 1.82) is 0 Å². The van der Waals surface area contributed by atoms with E-state index in [4.69, 9.17) is 19.7 Å². The van der Waals surface area contributed by atoms with Gasteiger partial charge in [-0.1, -0.05) is 23.4 Å². The van der Waals surface area contributed by atoms with Gasteiger partial charge < -0.3 is 19.7 Å². The van der Waals surface area contributed by atoms with Crippen molar-refractivity contribution in [3.05, 3.63) is 71.1 Å². The molecule has 1 heterocycles. The van der Waals surface area contributed by atoms with Crippen molar-refractivity contribution in [1.82, 2.24) is 10.1 Å². The number of halogens is 1. The highest BCUT2D eigenvalue weighted by Gasteiger charge is 2.20. The SMILES string of the molecule is COc1ccc(Cc2noc(C(CN)c3ccc(F)cc3)n2)cc1OC. The lowest BCUT2D eigenvalue weighted by atomic mass is 9.99. The molecule has 136 valence electrons. The molecule has 1 atom stereocenters. The lowest BCUT2D eigenvalue weighted by molar-refractivity contribution is 0.354. The zero-order valence-electron chi connectivity index (χ0n) is 14.6. The molecule has 0 fully saturated rings. The lowest BCUT2D eigenvalue weighted by Gasteiger charge is -2.10. The van der Waals surface area contributed by atoms with Crippen molar-refractivity contribution in [3.63, 3.8) is 0 Å². The Balaban J connectivity index is 1.80. The fourth-order valence-corrected chi connectivity index (χ4v) is 2.73. The van der Waals surface area contributed by atoms with E-state index in [0.29, 0.717) is 29.6 Å². The monoisotopic (exact) mass is 357 g/mol. The van der Waals surface area contributed by atoms with E-state index in [-0.39, 0.29) is 18.3 Å². The molecular formula is C19H20FN3O3. The van der Waals surface area contributed by atoms with Gasteiger partial charge in [0.1, 0.15) is 5.82 Å². The van der Waals surface area contributed by atoms with Gasteiger partial charge in [-0.3, -0.25) is 0 Å². The van der Waals surface area contributed by atoms with Crippen LogP contribution in [0.1, 0.15) is 28.8 Å². The number of nitrogens with two attached hydrogens (primary N) is 1. The van der Waals surface area contributed by atoms with Crippen molar-refractivity contribution < 1.29 is 18.4 Å². The Bertz CT molecular complexity index is 865. The zero-order chi connectivity index (χ0) is 18.5. The largest absolute Gasteiger partial charge is 0.493 e. The second-order valence-electron chi connectivity index (χ2n) is 5.75. The number of aromatic nitrogens is 2. The molecule has 0 saturated heterocycles. The highest BCUT2D eigenvalue weighted by molar-refractivity contribution is 5.43. The highest BCUT2D eigenvalue weighted by atomic mass is 19.1. The van der Waals surface area contributed by atoms with E-state index in [1.54, 1.807) is 26.4 Å². The van der Waals surface area contributed by atoms with Crippen LogP contribution in [0, 0.1) is 5.82 Å². The molecule has 0 bridgehead atoms. The van der Waals surface area contributed by atoms with Crippen molar-refractivity contribution in [2.45, 2.75) is 12.3 Å². The standard InChI is InChI=1S/C19H20FN3O3/c1-24-16-8-3-12(9-17(16)25-2)10-18-22-19(26-23-18)15(11-21)13-4-6-14(20)7-5-13/h3-9,15H,10-11,21H2,1-2H3. The third-order valence-electron chi connectivity index (χ3n) is 4.10. The second-order valence-corrected chi connectivity index (χ2v) is 5.75. The van der Waals surface area contributed by atoms with Gasteiger partial charge in [-0.2, -0.15) is 4.98 Å². The molecule has 6 nitrogen and oxygen atoms in total. The van der Waals surface area contributed by atoms with Gasteiger partial charge in [0.2, 0.25) is 5.89 Å². The van der Waals surface area contributed by atoms with Gasteiger partial charge in [0.05, 0.1) is 20.1 Å². The summed E-state index contributed by atoms with van der Waals surface area (Å²) >= 11 is 0. The van der Waals surface area contributed by atoms with Crippen LogP contribution in [0.4, 0.5) is 4.39 Å². The molecule has 1 aromatic heterocycles. The van der Waals surface area contributed by atoms with Crippen molar-refractivity contribution in [3.8, 4) is 11.5 Å². The molecule has 2 aromatic carbocycles. The number of hydrogen-bond donors (Lipinski definition) is 1. The molecule has 7 heteroatoms. The predicted molar refractivity (Wildman–Crippen MR) is 93.9 cm³/mol. The third-order valence-corrected chi connectivity index (χ3v) is 4.10. The minimum absolute atomic E-state index is 0.276. The number of hydrogen-bond acceptors (Lipinski definition) is 6. The van der Waals surface area contributed by atoms with E-state index in [9.17, 15) is 4.39 Å². The summed E-state index contributed by atoms with van der Waals surface area (Å²) in [6.45, 7) is 0.281. The van der Waals surface area contributed by atoms with Crippen LogP contribution in [0.5, 0.6) is 11.5 Å². The topological polar surface area (TPSA) is 83.4 Å². The van der Waals surface area contributed by atoms with E-state index >= 15 is 0 Å². The van der Waals surface area contributed by atoms with Gasteiger partial charge in [-0.15, -0.1) is 0 Å². The number of benzene rings is 2. The van der Waals surface area contributed by atoms with Crippen LogP contribution in [0.15, 0.2) is 47.0 Å². The summed E-state index contributed by atoms with van der Waals surface area (Å²) in [4.78, 5) is 4.45. The molecule has 0 aliphatic rings. The van der Waals surface area contributed by atoms with Crippen LogP contribution >= 0.6 is 0 Å². The van der Waals surface area contributed by atoms with E-state index < -0.39 is 0 Å². The Morgan fingerprint density at radius 1 is 1.08 bits per heavy atom. The summed E-state index contributed by atoms with van der Waals surface area (Å²) in [5.74, 6) is 1.67. The first-order chi connectivity index (χ1) is 12.6. The molecule has 3 rings (SSSR count). The minimum atomic E-state index is -0.302. The molecule has 1 unspecified atom stereocenters. The fraction of sp³-hybridized carbons (Fsp3) is 0.263. The summed E-state index contributed by atoms with van der Waals surface area (Å²) < 4.78 is 29.0. The van der Waals surface area contributed by atoms with E-state index in [1.165, 1.54) is 12.1 Å². The quantitative estimate of drug-likeness (QED) is 0.700. The molecule has 0 aliphatic carbocycles. The first-order valence-electron chi connectivity index (χ1n) is 8.13. The van der Waals surface area contributed by atoms with E-state index in [1.807, 2.05) is 18.2 Å². The molecule has 0 saturated carbocycles. The molecule has 0 amide bonds. The van der Waals surface area contributed by atoms with Gasteiger partial charge in [-0.25, -0.2) is 4.39 Å². The van der Waals surface area contributed by atoms with Crippen LogP contribution in [-0.2, 0) is 6.42 Å². The lowest BCUT2D eigenvalue weighted by Crippen LogP contribution is -2.14.